The Balaban J connectivity index is 2.05. The quantitative estimate of drug-likeness (QED) is 0.795. The molecule has 0 unspecified atom stereocenters. The third kappa shape index (κ3) is 3.64. The lowest BCUT2D eigenvalue weighted by molar-refractivity contribution is -0.139. The molecule has 0 radical (unpaired) electrons. The second kappa shape index (κ2) is 6.02. The summed E-state index contributed by atoms with van der Waals surface area (Å²) in [5.74, 6) is -0.945. The predicted octanol–water partition coefficient (Wildman–Crippen LogP) is 2.73. The van der Waals surface area contributed by atoms with Crippen molar-refractivity contribution in [2.75, 3.05) is 5.32 Å². The smallest absolute Gasteiger partial charge is 0.319 e. The number of aliphatic carboxylic acids is 1. The van der Waals surface area contributed by atoms with Crippen LogP contribution in [0.15, 0.2) is 18.2 Å². The summed E-state index contributed by atoms with van der Waals surface area (Å²) in [5.41, 5.74) is 0.00602. The van der Waals surface area contributed by atoms with Crippen molar-refractivity contribution in [1.82, 2.24) is 5.32 Å². The van der Waals surface area contributed by atoms with Gasteiger partial charge in [0.15, 0.2) is 0 Å². The Bertz CT molecular complexity index is 620. The lowest BCUT2D eigenvalue weighted by atomic mass is 9.74. The number of carbonyl (C=O) groups excluding carboxylic acids is 1. The first-order valence-corrected chi connectivity index (χ1v) is 6.82. The topological polar surface area (TPSA) is 102 Å². The number of benzene rings is 1. The molecule has 0 heterocycles. The van der Waals surface area contributed by atoms with E-state index in [1.807, 2.05) is 6.07 Å². The third-order valence-electron chi connectivity index (χ3n) is 3.52. The first-order chi connectivity index (χ1) is 9.94. The molecule has 7 heteroatoms. The van der Waals surface area contributed by atoms with E-state index in [-0.39, 0.29) is 6.42 Å². The second-order valence-electron chi connectivity index (χ2n) is 5.09. The molecule has 1 saturated carbocycles. The van der Waals surface area contributed by atoms with Gasteiger partial charge in [-0.05, 0) is 37.5 Å². The van der Waals surface area contributed by atoms with Crippen LogP contribution in [-0.4, -0.2) is 22.6 Å². The lowest BCUT2D eigenvalue weighted by Crippen LogP contribution is -2.55. The van der Waals surface area contributed by atoms with Crippen molar-refractivity contribution in [3.8, 4) is 6.07 Å². The van der Waals surface area contributed by atoms with Crippen LogP contribution in [0.4, 0.5) is 10.5 Å². The Morgan fingerprint density at radius 1 is 1.43 bits per heavy atom. The zero-order chi connectivity index (χ0) is 15.5. The average Bonchev–Trinajstić information content (AvgIpc) is 2.38. The van der Waals surface area contributed by atoms with Crippen molar-refractivity contribution in [3.05, 3.63) is 28.8 Å². The maximum atomic E-state index is 12.0. The molecule has 6 nitrogen and oxygen atoms in total. The first kappa shape index (κ1) is 15.1. The SMILES string of the molecule is N#Cc1ccc(Cl)c(NC(=O)NC2(CC(=O)O)CCC2)c1. The van der Waals surface area contributed by atoms with Crippen LogP contribution in [-0.2, 0) is 4.79 Å². The maximum Gasteiger partial charge on any atom is 0.319 e. The predicted molar refractivity (Wildman–Crippen MR) is 77.2 cm³/mol. The number of urea groups is 1. The van der Waals surface area contributed by atoms with Crippen LogP contribution in [0.2, 0.25) is 5.02 Å². The molecular weight excluding hydrogens is 294 g/mol. The second-order valence-corrected chi connectivity index (χ2v) is 5.50. The van der Waals surface area contributed by atoms with E-state index in [2.05, 4.69) is 10.6 Å². The fourth-order valence-electron chi connectivity index (χ4n) is 2.32. The zero-order valence-electron chi connectivity index (χ0n) is 11.1. The summed E-state index contributed by atoms with van der Waals surface area (Å²) in [6, 6.07) is 5.97. The molecule has 1 fully saturated rings. The Hall–Kier alpha value is -2.26. The molecule has 1 aliphatic rings. The van der Waals surface area contributed by atoms with Gasteiger partial charge >= 0.3 is 12.0 Å². The summed E-state index contributed by atoms with van der Waals surface area (Å²) >= 11 is 5.95. The molecule has 2 rings (SSSR count). The van der Waals surface area contributed by atoms with Crippen molar-refractivity contribution in [2.45, 2.75) is 31.2 Å². The van der Waals surface area contributed by atoms with E-state index in [1.54, 1.807) is 6.07 Å². The fraction of sp³-hybridized carbons (Fsp3) is 0.357. The van der Waals surface area contributed by atoms with Crippen molar-refractivity contribution in [2.24, 2.45) is 0 Å². The first-order valence-electron chi connectivity index (χ1n) is 6.45. The normalized spacial score (nSPS) is 15.4. The highest BCUT2D eigenvalue weighted by molar-refractivity contribution is 6.33. The molecule has 0 saturated heterocycles. The van der Waals surface area contributed by atoms with Gasteiger partial charge in [0.25, 0.3) is 0 Å². The molecule has 110 valence electrons. The number of halogens is 1. The number of hydrogen-bond acceptors (Lipinski definition) is 3. The lowest BCUT2D eigenvalue weighted by Gasteiger charge is -2.41. The number of nitrogens with zero attached hydrogens (tertiary/aromatic N) is 1. The highest BCUT2D eigenvalue weighted by Gasteiger charge is 2.40. The van der Waals surface area contributed by atoms with Gasteiger partial charge in [0.05, 0.1) is 34.3 Å². The molecule has 0 spiro atoms. The molecule has 0 bridgehead atoms. The Morgan fingerprint density at radius 3 is 2.67 bits per heavy atom. The van der Waals surface area contributed by atoms with E-state index >= 15 is 0 Å². The Morgan fingerprint density at radius 2 is 2.14 bits per heavy atom. The fourth-order valence-corrected chi connectivity index (χ4v) is 2.49. The van der Waals surface area contributed by atoms with Crippen LogP contribution in [0.1, 0.15) is 31.2 Å². The highest BCUT2D eigenvalue weighted by Crippen LogP contribution is 2.35. The molecule has 0 aromatic heterocycles. The number of anilines is 1. The number of nitrogens with one attached hydrogen (secondary N) is 2. The van der Waals surface area contributed by atoms with Gasteiger partial charge in [0.2, 0.25) is 0 Å². The summed E-state index contributed by atoms with van der Waals surface area (Å²) in [7, 11) is 0. The molecule has 1 aromatic carbocycles. The largest absolute Gasteiger partial charge is 0.481 e. The minimum Gasteiger partial charge on any atom is -0.481 e. The van der Waals surface area contributed by atoms with E-state index in [9.17, 15) is 9.59 Å². The van der Waals surface area contributed by atoms with Gasteiger partial charge in [0, 0.05) is 0 Å². The third-order valence-corrected chi connectivity index (χ3v) is 3.85. The van der Waals surface area contributed by atoms with E-state index in [0.29, 0.717) is 29.1 Å². The maximum absolute atomic E-state index is 12.0. The van der Waals surface area contributed by atoms with E-state index in [0.717, 1.165) is 6.42 Å². The standard InChI is InChI=1S/C14H14ClN3O3/c15-10-3-2-9(8-16)6-11(10)17-13(21)18-14(4-1-5-14)7-12(19)20/h2-3,6H,1,4-5,7H2,(H,19,20)(H2,17,18,21). The Kier molecular flexibility index (Phi) is 4.34. The molecule has 1 aromatic rings. The summed E-state index contributed by atoms with van der Waals surface area (Å²) in [6.45, 7) is 0. The van der Waals surface area contributed by atoms with E-state index < -0.39 is 17.5 Å². The summed E-state index contributed by atoms with van der Waals surface area (Å²) in [4.78, 5) is 22.9. The van der Waals surface area contributed by atoms with E-state index in [4.69, 9.17) is 22.0 Å². The van der Waals surface area contributed by atoms with Crippen LogP contribution in [0.5, 0.6) is 0 Å². The van der Waals surface area contributed by atoms with Crippen molar-refractivity contribution in [3.63, 3.8) is 0 Å². The van der Waals surface area contributed by atoms with Gasteiger partial charge in [-0.25, -0.2) is 4.79 Å². The van der Waals surface area contributed by atoms with Crippen LogP contribution in [0, 0.1) is 11.3 Å². The van der Waals surface area contributed by atoms with Crippen LogP contribution >= 0.6 is 11.6 Å². The van der Waals surface area contributed by atoms with Crippen LogP contribution in [0.3, 0.4) is 0 Å². The van der Waals surface area contributed by atoms with Crippen LogP contribution in [0.25, 0.3) is 0 Å². The number of carboxylic acids is 1. The minimum absolute atomic E-state index is 0.105. The van der Waals surface area contributed by atoms with Gasteiger partial charge in [-0.1, -0.05) is 11.6 Å². The molecule has 0 aliphatic heterocycles. The van der Waals surface area contributed by atoms with Gasteiger partial charge < -0.3 is 15.7 Å². The molecule has 21 heavy (non-hydrogen) atoms. The number of nitriles is 1. The number of hydrogen-bond donors (Lipinski definition) is 3. The number of rotatable bonds is 4. The van der Waals surface area contributed by atoms with Gasteiger partial charge in [0.1, 0.15) is 0 Å². The van der Waals surface area contributed by atoms with Gasteiger partial charge in [-0.3, -0.25) is 4.79 Å². The van der Waals surface area contributed by atoms with Crippen molar-refractivity contribution < 1.29 is 14.7 Å². The number of carbonyl (C=O) groups is 2. The van der Waals surface area contributed by atoms with Crippen molar-refractivity contribution >= 4 is 29.3 Å². The average molecular weight is 308 g/mol. The van der Waals surface area contributed by atoms with Crippen molar-refractivity contribution in [1.29, 1.82) is 5.26 Å². The molecule has 0 atom stereocenters. The van der Waals surface area contributed by atoms with Gasteiger partial charge in [-0.2, -0.15) is 5.26 Å². The summed E-state index contributed by atoms with van der Waals surface area (Å²) in [5, 5.41) is 23.3. The monoisotopic (exact) mass is 307 g/mol. The Labute approximate surface area is 126 Å². The number of carboxylic acid groups (broad SMARTS) is 1. The van der Waals surface area contributed by atoms with Crippen LogP contribution < -0.4 is 10.6 Å². The van der Waals surface area contributed by atoms with E-state index in [1.165, 1.54) is 12.1 Å². The molecular formula is C14H14ClN3O3. The number of amides is 2. The van der Waals surface area contributed by atoms with Gasteiger partial charge in [-0.15, -0.1) is 0 Å². The minimum atomic E-state index is -0.945. The zero-order valence-corrected chi connectivity index (χ0v) is 11.9. The molecule has 1 aliphatic carbocycles. The summed E-state index contributed by atoms with van der Waals surface area (Å²) in [6.07, 6.45) is 2.06. The summed E-state index contributed by atoms with van der Waals surface area (Å²) < 4.78 is 0. The highest BCUT2D eigenvalue weighted by atomic mass is 35.5. The molecule has 2 amide bonds. The molecule has 3 N–H and O–H groups in total.